The second-order valence-electron chi connectivity index (χ2n) is 6.30. The van der Waals surface area contributed by atoms with Gasteiger partial charge in [0.05, 0.1) is 22.5 Å². The number of nitrogens with zero attached hydrogens (tertiary/aromatic N) is 2. The zero-order valence-electron chi connectivity index (χ0n) is 15.9. The van der Waals surface area contributed by atoms with Gasteiger partial charge in [0.25, 0.3) is 5.91 Å². The van der Waals surface area contributed by atoms with Gasteiger partial charge in [-0.3, -0.25) is 30.4 Å². The summed E-state index contributed by atoms with van der Waals surface area (Å²) in [5.74, 6) is -1.74. The molecule has 9 nitrogen and oxygen atoms in total. The number of hydrogen-bond acceptors (Lipinski definition) is 5. The first-order chi connectivity index (χ1) is 14.4. The van der Waals surface area contributed by atoms with Crippen molar-refractivity contribution in [2.45, 2.75) is 13.3 Å². The number of hydrazine groups is 1. The van der Waals surface area contributed by atoms with Crippen LogP contribution in [0.4, 0.5) is 9.18 Å². The normalized spacial score (nSPS) is 10.5. The van der Waals surface area contributed by atoms with Crippen LogP contribution >= 0.6 is 0 Å². The molecule has 0 aliphatic rings. The Hall–Kier alpha value is -4.08. The van der Waals surface area contributed by atoms with Gasteiger partial charge >= 0.3 is 6.09 Å². The number of aromatic nitrogens is 2. The summed E-state index contributed by atoms with van der Waals surface area (Å²) in [6.07, 6.45) is 0.493. The molecule has 0 aliphatic heterocycles. The highest BCUT2D eigenvalue weighted by atomic mass is 19.1. The van der Waals surface area contributed by atoms with E-state index in [1.165, 1.54) is 31.3 Å². The van der Waals surface area contributed by atoms with Crippen molar-refractivity contribution >= 4 is 28.8 Å². The average molecular weight is 411 g/mol. The number of carboxylic acid groups (broad SMARTS) is 1. The minimum absolute atomic E-state index is 0.0433. The molecule has 10 heteroatoms. The lowest BCUT2D eigenvalue weighted by Crippen LogP contribution is -2.40. The highest BCUT2D eigenvalue weighted by Crippen LogP contribution is 2.32. The minimum atomic E-state index is -1.19. The third kappa shape index (κ3) is 4.66. The van der Waals surface area contributed by atoms with Crippen molar-refractivity contribution in [2.75, 3.05) is 6.54 Å². The van der Waals surface area contributed by atoms with E-state index in [-0.39, 0.29) is 23.9 Å². The summed E-state index contributed by atoms with van der Waals surface area (Å²) < 4.78 is 14.0. The van der Waals surface area contributed by atoms with Crippen molar-refractivity contribution in [3.8, 4) is 11.3 Å². The van der Waals surface area contributed by atoms with Gasteiger partial charge in [0.15, 0.2) is 0 Å². The summed E-state index contributed by atoms with van der Waals surface area (Å²) in [6, 6.07) is 8.89. The summed E-state index contributed by atoms with van der Waals surface area (Å²) in [4.78, 5) is 43.9. The molecule has 0 radical (unpaired) electrons. The predicted molar refractivity (Wildman–Crippen MR) is 106 cm³/mol. The zero-order chi connectivity index (χ0) is 21.7. The van der Waals surface area contributed by atoms with Crippen molar-refractivity contribution in [3.05, 3.63) is 59.7 Å². The van der Waals surface area contributed by atoms with Crippen LogP contribution in [-0.4, -0.2) is 39.5 Å². The van der Waals surface area contributed by atoms with E-state index >= 15 is 0 Å². The SMILES string of the molecule is CC(=O)NNC(=O)c1c(-c2ccccn2)c(CCNC(=O)O)nc2ccc(F)cc12. The van der Waals surface area contributed by atoms with Crippen LogP contribution in [0.2, 0.25) is 0 Å². The number of benzene rings is 1. The molecule has 0 unspecified atom stereocenters. The smallest absolute Gasteiger partial charge is 0.404 e. The Morgan fingerprint density at radius 3 is 2.60 bits per heavy atom. The summed E-state index contributed by atoms with van der Waals surface area (Å²) in [5.41, 5.74) is 6.04. The van der Waals surface area contributed by atoms with E-state index in [0.29, 0.717) is 22.5 Å². The number of hydrogen-bond donors (Lipinski definition) is 4. The first-order valence-electron chi connectivity index (χ1n) is 8.94. The van der Waals surface area contributed by atoms with Gasteiger partial charge in [-0.05, 0) is 30.3 Å². The van der Waals surface area contributed by atoms with Gasteiger partial charge in [-0.1, -0.05) is 6.07 Å². The summed E-state index contributed by atoms with van der Waals surface area (Å²) >= 11 is 0. The first-order valence-corrected chi connectivity index (χ1v) is 8.94. The Morgan fingerprint density at radius 1 is 1.13 bits per heavy atom. The van der Waals surface area contributed by atoms with Crippen molar-refractivity contribution in [1.82, 2.24) is 26.1 Å². The third-order valence-corrected chi connectivity index (χ3v) is 4.16. The van der Waals surface area contributed by atoms with Gasteiger partial charge < -0.3 is 10.4 Å². The van der Waals surface area contributed by atoms with Crippen LogP contribution in [0.1, 0.15) is 23.0 Å². The molecular weight excluding hydrogens is 393 g/mol. The lowest BCUT2D eigenvalue weighted by molar-refractivity contribution is -0.119. The Bertz CT molecular complexity index is 1120. The minimum Gasteiger partial charge on any atom is -0.465 e. The number of carbonyl (C=O) groups is 3. The molecule has 1 aromatic carbocycles. The van der Waals surface area contributed by atoms with Crippen molar-refractivity contribution in [3.63, 3.8) is 0 Å². The van der Waals surface area contributed by atoms with Gasteiger partial charge in [0.2, 0.25) is 5.91 Å². The second kappa shape index (κ2) is 8.95. The van der Waals surface area contributed by atoms with E-state index in [2.05, 4.69) is 26.1 Å². The highest BCUT2D eigenvalue weighted by molar-refractivity contribution is 6.12. The van der Waals surface area contributed by atoms with E-state index < -0.39 is 23.7 Å². The molecule has 0 spiro atoms. The molecule has 0 saturated heterocycles. The molecular formula is C20H18FN5O4. The Balaban J connectivity index is 2.25. The van der Waals surface area contributed by atoms with Gasteiger partial charge in [0, 0.05) is 37.0 Å². The molecule has 0 bridgehead atoms. The number of amides is 3. The lowest BCUT2D eigenvalue weighted by atomic mass is 9.95. The predicted octanol–water partition coefficient (Wildman–Crippen LogP) is 2.03. The molecule has 0 fully saturated rings. The largest absolute Gasteiger partial charge is 0.465 e. The van der Waals surface area contributed by atoms with Crippen LogP contribution in [0.25, 0.3) is 22.2 Å². The second-order valence-corrected chi connectivity index (χ2v) is 6.30. The molecule has 3 amide bonds. The van der Waals surface area contributed by atoms with Gasteiger partial charge in [-0.25, -0.2) is 9.18 Å². The number of carbonyl (C=O) groups excluding carboxylic acids is 2. The Labute approximate surface area is 170 Å². The molecule has 0 saturated carbocycles. The van der Waals surface area contributed by atoms with E-state index in [4.69, 9.17) is 5.11 Å². The van der Waals surface area contributed by atoms with Crippen LogP contribution in [-0.2, 0) is 11.2 Å². The molecule has 4 N–H and O–H groups in total. The lowest BCUT2D eigenvalue weighted by Gasteiger charge is -2.17. The van der Waals surface area contributed by atoms with Crippen LogP contribution in [0.3, 0.4) is 0 Å². The third-order valence-electron chi connectivity index (χ3n) is 4.16. The van der Waals surface area contributed by atoms with E-state index in [1.807, 2.05) is 0 Å². The molecule has 3 aromatic rings. The molecule has 2 heterocycles. The van der Waals surface area contributed by atoms with E-state index in [1.54, 1.807) is 18.2 Å². The number of fused-ring (bicyclic) bond motifs is 1. The number of pyridine rings is 2. The zero-order valence-corrected chi connectivity index (χ0v) is 15.9. The van der Waals surface area contributed by atoms with Crippen LogP contribution in [0.5, 0.6) is 0 Å². The Morgan fingerprint density at radius 2 is 1.93 bits per heavy atom. The molecule has 0 aliphatic carbocycles. The van der Waals surface area contributed by atoms with Gasteiger partial charge in [-0.15, -0.1) is 0 Å². The highest BCUT2D eigenvalue weighted by Gasteiger charge is 2.23. The topological polar surface area (TPSA) is 133 Å². The summed E-state index contributed by atoms with van der Waals surface area (Å²) in [5, 5.41) is 11.3. The fraction of sp³-hybridized carbons (Fsp3) is 0.150. The molecule has 2 aromatic heterocycles. The Kier molecular flexibility index (Phi) is 6.16. The molecule has 154 valence electrons. The van der Waals surface area contributed by atoms with Crippen molar-refractivity contribution in [2.24, 2.45) is 0 Å². The van der Waals surface area contributed by atoms with E-state index in [0.717, 1.165) is 0 Å². The number of halogens is 1. The van der Waals surface area contributed by atoms with Crippen molar-refractivity contribution < 1.29 is 23.9 Å². The van der Waals surface area contributed by atoms with E-state index in [9.17, 15) is 18.8 Å². The van der Waals surface area contributed by atoms with Crippen LogP contribution < -0.4 is 16.2 Å². The average Bonchev–Trinajstić information content (AvgIpc) is 2.71. The monoisotopic (exact) mass is 411 g/mol. The standard InChI is InChI=1S/C20H18FN5O4/c1-11(27)25-26-19(28)17-13-10-12(21)5-6-14(13)24-16(7-9-23-20(29)30)18(17)15-4-2-3-8-22-15/h2-6,8,10,23H,7,9H2,1H3,(H,25,27)(H,26,28)(H,29,30). The maximum Gasteiger partial charge on any atom is 0.404 e. The fourth-order valence-electron chi connectivity index (χ4n) is 2.98. The van der Waals surface area contributed by atoms with Crippen LogP contribution in [0, 0.1) is 5.82 Å². The number of nitrogens with one attached hydrogen (secondary N) is 3. The maximum atomic E-state index is 14.0. The van der Waals surface area contributed by atoms with Crippen molar-refractivity contribution in [1.29, 1.82) is 0 Å². The summed E-state index contributed by atoms with van der Waals surface area (Å²) in [7, 11) is 0. The number of rotatable bonds is 5. The molecule has 30 heavy (non-hydrogen) atoms. The van der Waals surface area contributed by atoms with Gasteiger partial charge in [0.1, 0.15) is 5.82 Å². The van der Waals surface area contributed by atoms with Gasteiger partial charge in [-0.2, -0.15) is 0 Å². The molecule has 3 rings (SSSR count). The fourth-order valence-corrected chi connectivity index (χ4v) is 2.98. The molecule has 0 atom stereocenters. The van der Waals surface area contributed by atoms with Crippen LogP contribution in [0.15, 0.2) is 42.6 Å². The first kappa shape index (κ1) is 20.6. The summed E-state index contributed by atoms with van der Waals surface area (Å²) in [6.45, 7) is 1.27. The quantitative estimate of drug-likeness (QED) is 0.475. The maximum absolute atomic E-state index is 14.0.